The summed E-state index contributed by atoms with van der Waals surface area (Å²) in [6.07, 6.45) is 10.1. The summed E-state index contributed by atoms with van der Waals surface area (Å²) < 4.78 is 25.5. The van der Waals surface area contributed by atoms with Crippen LogP contribution in [0.3, 0.4) is 0 Å². The zero-order valence-electron chi connectivity index (χ0n) is 29.1. The van der Waals surface area contributed by atoms with Crippen LogP contribution >= 0.6 is 23.2 Å². The normalized spacial score (nSPS) is 20.1. The van der Waals surface area contributed by atoms with E-state index in [9.17, 15) is 10.1 Å². The van der Waals surface area contributed by atoms with Gasteiger partial charge in [-0.2, -0.15) is 15.5 Å². The van der Waals surface area contributed by atoms with Crippen molar-refractivity contribution in [1.82, 2.24) is 39.7 Å². The lowest BCUT2D eigenvalue weighted by atomic mass is 9.94. The second-order valence-corrected chi connectivity index (χ2v) is 14.7. The zero-order chi connectivity index (χ0) is 36.0. The van der Waals surface area contributed by atoms with Crippen LogP contribution in [0.5, 0.6) is 5.88 Å². The molecule has 5 aromatic rings. The molecule has 3 aromatic heterocycles. The number of hydrogen-bond donors (Lipinski definition) is 1. The second kappa shape index (κ2) is 14.4. The number of aromatic nitrogens is 5. The van der Waals surface area contributed by atoms with Crippen LogP contribution in [0, 0.1) is 24.1 Å². The Morgan fingerprint density at radius 2 is 1.96 bits per heavy atom. The van der Waals surface area contributed by atoms with E-state index in [1.54, 1.807) is 35.5 Å². The summed E-state index contributed by atoms with van der Waals surface area (Å²) >= 11 is 13.6. The van der Waals surface area contributed by atoms with Crippen molar-refractivity contribution in [3.8, 4) is 23.1 Å². The Hall–Kier alpha value is -4.28. The van der Waals surface area contributed by atoms with Gasteiger partial charge >= 0.3 is 0 Å². The number of pyridine rings is 1. The van der Waals surface area contributed by atoms with E-state index in [0.29, 0.717) is 81.8 Å². The van der Waals surface area contributed by atoms with E-state index >= 15 is 4.39 Å². The van der Waals surface area contributed by atoms with Gasteiger partial charge in [-0.1, -0.05) is 29.3 Å². The molecule has 0 spiro atoms. The highest BCUT2D eigenvalue weighted by Crippen LogP contribution is 2.45. The summed E-state index contributed by atoms with van der Waals surface area (Å²) in [6, 6.07) is 5.48. The van der Waals surface area contributed by atoms with E-state index in [2.05, 4.69) is 28.2 Å². The number of aromatic amines is 1. The van der Waals surface area contributed by atoms with Gasteiger partial charge in [0.2, 0.25) is 11.8 Å². The van der Waals surface area contributed by atoms with Crippen molar-refractivity contribution < 1.29 is 13.9 Å². The van der Waals surface area contributed by atoms with Crippen LogP contribution in [0.4, 0.5) is 4.39 Å². The van der Waals surface area contributed by atoms with E-state index in [1.807, 2.05) is 36.7 Å². The summed E-state index contributed by atoms with van der Waals surface area (Å²) in [5.41, 5.74) is 2.79. The van der Waals surface area contributed by atoms with Gasteiger partial charge < -0.3 is 19.4 Å². The van der Waals surface area contributed by atoms with Crippen LogP contribution in [0.2, 0.25) is 10.0 Å². The number of benzene rings is 2. The van der Waals surface area contributed by atoms with Gasteiger partial charge in [0, 0.05) is 58.2 Å². The fourth-order valence-corrected chi connectivity index (χ4v) is 8.10. The number of fused-ring (bicyclic) bond motifs is 4. The first-order chi connectivity index (χ1) is 24.6. The number of nitrogens with zero attached hydrogens (tertiary/aromatic N) is 8. The van der Waals surface area contributed by atoms with Crippen LogP contribution in [-0.2, 0) is 4.79 Å². The first kappa shape index (κ1) is 35.1. The van der Waals surface area contributed by atoms with Crippen LogP contribution in [0.25, 0.3) is 43.8 Å². The van der Waals surface area contributed by atoms with Crippen LogP contribution in [0.15, 0.2) is 36.7 Å². The SMILES string of the molecule is Cc1c(Cl)cc2[nH]ncc2c1-c1c(Cl)cc2c(nc(OC[C@@H]3CCCN3C)c3cnn([C@H]4CCN(C(=O)/C=C/CN(C)C)[C@H](CC#N)C4)c32)c1F. The van der Waals surface area contributed by atoms with Gasteiger partial charge in [-0.3, -0.25) is 14.6 Å². The van der Waals surface area contributed by atoms with Crippen molar-refractivity contribution in [2.45, 2.75) is 57.2 Å². The predicted octanol–water partition coefficient (Wildman–Crippen LogP) is 6.92. The number of H-pyrrole nitrogens is 1. The molecule has 1 amide bonds. The van der Waals surface area contributed by atoms with Crippen molar-refractivity contribution >= 4 is 61.8 Å². The Bertz CT molecular complexity index is 2210. The first-order valence-electron chi connectivity index (χ1n) is 17.2. The number of hydrogen-bond acceptors (Lipinski definition) is 8. The lowest BCUT2D eigenvalue weighted by Gasteiger charge is -2.38. The molecule has 0 bridgehead atoms. The number of nitriles is 1. The quantitative estimate of drug-likeness (QED) is 0.162. The lowest BCUT2D eigenvalue weighted by molar-refractivity contribution is -0.130. The number of carbonyl (C=O) groups excluding carboxylic acids is 1. The number of halogens is 3. The Morgan fingerprint density at radius 1 is 1.14 bits per heavy atom. The summed E-state index contributed by atoms with van der Waals surface area (Å²) in [7, 11) is 5.95. The third-order valence-electron chi connectivity index (χ3n) is 10.3. The van der Waals surface area contributed by atoms with Gasteiger partial charge in [0.05, 0.1) is 52.4 Å². The van der Waals surface area contributed by atoms with Gasteiger partial charge in [0.1, 0.15) is 12.1 Å². The van der Waals surface area contributed by atoms with E-state index in [4.69, 9.17) is 38.0 Å². The molecule has 3 atom stereocenters. The van der Waals surface area contributed by atoms with Gasteiger partial charge in [0.25, 0.3) is 0 Å². The molecule has 51 heavy (non-hydrogen) atoms. The predicted molar refractivity (Wildman–Crippen MR) is 198 cm³/mol. The number of carbonyl (C=O) groups is 1. The number of amides is 1. The number of nitrogens with one attached hydrogen (secondary N) is 1. The fraction of sp³-hybridized carbons (Fsp3) is 0.432. The van der Waals surface area contributed by atoms with Crippen molar-refractivity contribution in [3.63, 3.8) is 0 Å². The summed E-state index contributed by atoms with van der Waals surface area (Å²) in [5, 5.41) is 24.1. The summed E-state index contributed by atoms with van der Waals surface area (Å²) in [5.74, 6) is -0.428. The number of rotatable bonds is 9. The average Bonchev–Trinajstić information content (AvgIpc) is 3.86. The van der Waals surface area contributed by atoms with Gasteiger partial charge in [-0.25, -0.2) is 9.37 Å². The standard InChI is InChI=1S/C37H40Cl2FN9O2/c1-21-28(38)17-30-26(18-42-45-30)32(21)33-29(39)16-25-35(34(33)40)44-37(51-20-24-7-5-13-47(24)4)27-19-43-49(36(25)27)23-10-14-48(22(15-23)9-11-41)31(50)8-6-12-46(2)3/h6,8,16-19,22-24H,5,7,9-10,12-15,20H2,1-4H3,(H,42,45)/b8-6+/t22-,23+,24+/m1/s1. The number of ether oxygens (including phenoxy) is 1. The molecular weight excluding hydrogens is 692 g/mol. The molecule has 11 nitrogen and oxygen atoms in total. The van der Waals surface area contributed by atoms with E-state index < -0.39 is 5.82 Å². The molecule has 0 radical (unpaired) electrons. The molecule has 2 aliphatic rings. The Balaban J connectivity index is 1.35. The molecule has 266 valence electrons. The second-order valence-electron chi connectivity index (χ2n) is 13.9. The summed E-state index contributed by atoms with van der Waals surface area (Å²) in [6.45, 7) is 4.29. The smallest absolute Gasteiger partial charge is 0.246 e. The maximum absolute atomic E-state index is 17.2. The van der Waals surface area contributed by atoms with Crippen molar-refractivity contribution in [2.75, 3.05) is 47.4 Å². The highest BCUT2D eigenvalue weighted by atomic mass is 35.5. The molecule has 2 aliphatic heterocycles. The molecule has 14 heteroatoms. The molecule has 0 saturated carbocycles. The van der Waals surface area contributed by atoms with Crippen molar-refractivity contribution in [3.05, 3.63) is 58.1 Å². The highest BCUT2D eigenvalue weighted by molar-refractivity contribution is 6.36. The topological polar surface area (TPSA) is 119 Å². The van der Waals surface area contributed by atoms with E-state index in [-0.39, 0.29) is 46.6 Å². The average molecular weight is 733 g/mol. The van der Waals surface area contributed by atoms with Crippen LogP contribution in [0.1, 0.15) is 43.7 Å². The molecule has 0 unspecified atom stereocenters. The molecule has 5 heterocycles. The molecule has 7 rings (SSSR count). The minimum absolute atomic E-state index is 0.0988. The maximum Gasteiger partial charge on any atom is 0.246 e. The minimum Gasteiger partial charge on any atom is -0.475 e. The van der Waals surface area contributed by atoms with Crippen LogP contribution < -0.4 is 4.74 Å². The maximum atomic E-state index is 17.2. The molecule has 2 aromatic carbocycles. The van der Waals surface area contributed by atoms with Gasteiger partial charge in [-0.15, -0.1) is 0 Å². The molecule has 2 fully saturated rings. The van der Waals surface area contributed by atoms with Crippen molar-refractivity contribution in [2.24, 2.45) is 0 Å². The molecule has 2 saturated heterocycles. The van der Waals surface area contributed by atoms with Crippen LogP contribution in [-0.4, -0.2) is 105 Å². The van der Waals surface area contributed by atoms with E-state index in [0.717, 1.165) is 19.4 Å². The minimum atomic E-state index is -0.602. The summed E-state index contributed by atoms with van der Waals surface area (Å²) in [4.78, 5) is 24.1. The number of likely N-dealkylation sites (tertiary alicyclic amines) is 2. The third kappa shape index (κ3) is 6.53. The number of likely N-dealkylation sites (N-methyl/N-ethyl adjacent to an activating group) is 2. The third-order valence-corrected chi connectivity index (χ3v) is 11.0. The van der Waals surface area contributed by atoms with E-state index in [1.165, 1.54) is 0 Å². The van der Waals surface area contributed by atoms with Gasteiger partial charge in [0.15, 0.2) is 5.82 Å². The monoisotopic (exact) mass is 731 g/mol. The zero-order valence-corrected chi connectivity index (χ0v) is 30.6. The number of piperidine rings is 1. The highest BCUT2D eigenvalue weighted by Gasteiger charge is 2.34. The molecule has 1 N–H and O–H groups in total. The Morgan fingerprint density at radius 3 is 2.71 bits per heavy atom. The largest absolute Gasteiger partial charge is 0.475 e. The fourth-order valence-electron chi connectivity index (χ4n) is 7.61. The van der Waals surface area contributed by atoms with Gasteiger partial charge in [-0.05, 0) is 78.0 Å². The Kier molecular flexibility index (Phi) is 9.91. The lowest BCUT2D eigenvalue weighted by Crippen LogP contribution is -2.46. The first-order valence-corrected chi connectivity index (χ1v) is 18.0. The molecule has 0 aliphatic carbocycles. The van der Waals surface area contributed by atoms with Crippen molar-refractivity contribution in [1.29, 1.82) is 5.26 Å². The molecular formula is C37H40Cl2FN9O2. The Labute approximate surface area is 305 Å².